The number of benzene rings is 3. The molecule has 41 heavy (non-hydrogen) atoms. The number of nitrogens with zero attached hydrogens (tertiary/aromatic N) is 5. The molecular formula is C31H32ClN9. The fourth-order valence-electron chi connectivity index (χ4n) is 6.00. The molecule has 0 bridgehead atoms. The van der Waals surface area contributed by atoms with Gasteiger partial charge in [0.2, 0.25) is 0 Å². The number of aliphatic imine (C=N–C) groups is 1. The molecule has 9 nitrogen and oxygen atoms in total. The third kappa shape index (κ3) is 5.91. The van der Waals surface area contributed by atoms with Gasteiger partial charge >= 0.3 is 0 Å². The van der Waals surface area contributed by atoms with Gasteiger partial charge in [0.25, 0.3) is 0 Å². The lowest BCUT2D eigenvalue weighted by atomic mass is 10.0. The second-order valence-corrected chi connectivity index (χ2v) is 11.4. The molecule has 0 aliphatic carbocycles. The van der Waals surface area contributed by atoms with Crippen LogP contribution in [-0.4, -0.2) is 34.8 Å². The van der Waals surface area contributed by atoms with Crippen LogP contribution >= 0.6 is 11.8 Å². The quantitative estimate of drug-likeness (QED) is 0.122. The van der Waals surface area contributed by atoms with E-state index in [4.69, 9.17) is 15.5 Å². The van der Waals surface area contributed by atoms with Crippen LogP contribution in [-0.2, 0) is 6.42 Å². The van der Waals surface area contributed by atoms with Crippen LogP contribution in [0.25, 0.3) is 21.8 Å². The predicted molar refractivity (Wildman–Crippen MR) is 163 cm³/mol. The summed E-state index contributed by atoms with van der Waals surface area (Å²) in [6.07, 6.45) is 3.27. The number of hydrogen-bond donors (Lipinski definition) is 4. The van der Waals surface area contributed by atoms with Crippen LogP contribution in [0.3, 0.4) is 0 Å². The molecule has 4 atom stereocenters. The molecule has 0 saturated carbocycles. The van der Waals surface area contributed by atoms with Crippen molar-refractivity contribution in [1.29, 1.82) is 5.53 Å². The van der Waals surface area contributed by atoms with Gasteiger partial charge in [0, 0.05) is 34.7 Å². The van der Waals surface area contributed by atoms with E-state index in [0.29, 0.717) is 18.0 Å². The van der Waals surface area contributed by atoms with Gasteiger partial charge < -0.3 is 15.6 Å². The van der Waals surface area contributed by atoms with Gasteiger partial charge in [-0.3, -0.25) is 4.99 Å². The van der Waals surface area contributed by atoms with Crippen LogP contribution in [0, 0.1) is 29.2 Å². The van der Waals surface area contributed by atoms with E-state index in [-0.39, 0.29) is 0 Å². The molecule has 7 rings (SSSR count). The smallest absolute Gasteiger partial charge is 0.124 e. The molecular weight excluding hydrogens is 534 g/mol. The Bertz CT molecular complexity index is 1730. The summed E-state index contributed by atoms with van der Waals surface area (Å²) in [6, 6.07) is 17.9. The first-order chi connectivity index (χ1) is 20.0. The third-order valence-electron chi connectivity index (χ3n) is 8.07. The molecule has 10 heteroatoms. The average molecular weight is 566 g/mol. The van der Waals surface area contributed by atoms with Crippen LogP contribution in [0.4, 0.5) is 5.69 Å². The van der Waals surface area contributed by atoms with Gasteiger partial charge in [-0.05, 0) is 89.5 Å². The third-order valence-corrected chi connectivity index (χ3v) is 8.14. The molecule has 3 aliphatic heterocycles. The number of imidazole rings is 1. The van der Waals surface area contributed by atoms with Crippen LogP contribution < -0.4 is 10.6 Å². The van der Waals surface area contributed by atoms with Crippen molar-refractivity contribution in [2.75, 3.05) is 13.1 Å². The van der Waals surface area contributed by atoms with Gasteiger partial charge in [-0.1, -0.05) is 48.5 Å². The van der Waals surface area contributed by atoms with Crippen LogP contribution in [0.2, 0.25) is 0 Å². The lowest BCUT2D eigenvalue weighted by Gasteiger charge is -2.09. The number of halogens is 1. The van der Waals surface area contributed by atoms with Crippen molar-refractivity contribution >= 4 is 45.0 Å². The summed E-state index contributed by atoms with van der Waals surface area (Å²) in [5.41, 5.74) is 13.7. The molecule has 4 heterocycles. The maximum absolute atomic E-state index is 5.88. The summed E-state index contributed by atoms with van der Waals surface area (Å²) in [5, 5.41) is 14.6. The number of aromatic amines is 1. The summed E-state index contributed by atoms with van der Waals surface area (Å²) in [5.74, 6) is 9.20. The monoisotopic (exact) mass is 565 g/mol. The second kappa shape index (κ2) is 11.9. The first kappa shape index (κ1) is 27.2. The second-order valence-electron chi connectivity index (χ2n) is 11.3. The predicted octanol–water partition coefficient (Wildman–Crippen LogP) is 6.95. The number of nitrogens with one attached hydrogen (secondary N) is 4. The molecule has 0 amide bonds. The molecule has 3 aromatic carbocycles. The molecule has 0 radical (unpaired) electrons. The Hall–Kier alpha value is -3.97. The molecule has 4 N–H and O–H groups in total. The van der Waals surface area contributed by atoms with Crippen molar-refractivity contribution in [1.82, 2.24) is 20.6 Å². The summed E-state index contributed by atoms with van der Waals surface area (Å²) in [4.78, 5) is 13.5. The van der Waals surface area contributed by atoms with Crippen LogP contribution in [0.5, 0.6) is 0 Å². The maximum atomic E-state index is 5.88. The van der Waals surface area contributed by atoms with E-state index in [1.807, 2.05) is 0 Å². The molecule has 208 valence electrons. The maximum Gasteiger partial charge on any atom is 0.124 e. The lowest BCUT2D eigenvalue weighted by Crippen LogP contribution is -2.30. The molecule has 1 aromatic heterocycles. The zero-order valence-corrected chi connectivity index (χ0v) is 23.8. The minimum absolute atomic E-state index is 0.318. The molecule has 0 unspecified atom stereocenters. The standard InChI is InChI=1S/C31H31N5.ClHN4/c1-18-11-27(32-16-18)28-15-23-7-5-21(14-26(23)34-28)4-3-20-6-9-24-22(13-20)8-10-25-30(24)36-31(35-25)29-12-19(2)17-33-29;1-3-5-4-2/h5-10,13-14,18-19,27,29,32-33H,11-12,15-17H2,1-2H3,(H,35,36);2H/t18-,19-,27-,29-;/m0./s1. The number of rotatable bonds is 3. The largest absolute Gasteiger partial charge is 0.341 e. The van der Waals surface area contributed by atoms with Gasteiger partial charge in [-0.25, -0.2) is 4.98 Å². The van der Waals surface area contributed by atoms with Gasteiger partial charge in [0.1, 0.15) is 5.82 Å². The van der Waals surface area contributed by atoms with Crippen LogP contribution in [0.15, 0.2) is 68.6 Å². The molecule has 3 aliphatic rings. The van der Waals surface area contributed by atoms with E-state index in [2.05, 4.69) is 117 Å². The molecule has 2 saturated heterocycles. The van der Waals surface area contributed by atoms with Gasteiger partial charge in [0.15, 0.2) is 0 Å². The Balaban J connectivity index is 0.000000559. The first-order valence-corrected chi connectivity index (χ1v) is 14.3. The van der Waals surface area contributed by atoms with Crippen molar-refractivity contribution < 1.29 is 0 Å². The highest BCUT2D eigenvalue weighted by Crippen LogP contribution is 2.32. The van der Waals surface area contributed by atoms with E-state index in [1.54, 1.807) is 0 Å². The van der Waals surface area contributed by atoms with Gasteiger partial charge in [-0.2, -0.15) is 5.53 Å². The van der Waals surface area contributed by atoms with Crippen molar-refractivity contribution in [3.63, 3.8) is 0 Å². The Morgan fingerprint density at radius 3 is 2.34 bits per heavy atom. The van der Waals surface area contributed by atoms with E-state index in [1.165, 1.54) is 28.5 Å². The number of fused-ring (bicyclic) bond motifs is 4. The Morgan fingerprint density at radius 1 is 0.927 bits per heavy atom. The van der Waals surface area contributed by atoms with Crippen molar-refractivity contribution in [3.8, 4) is 11.8 Å². The highest BCUT2D eigenvalue weighted by Gasteiger charge is 2.28. The average Bonchev–Trinajstić information content (AvgIpc) is 3.78. The number of H-pyrrole nitrogens is 1. The van der Waals surface area contributed by atoms with Crippen molar-refractivity contribution in [2.45, 2.75) is 45.2 Å². The Labute approximate surface area is 243 Å². The van der Waals surface area contributed by atoms with Crippen molar-refractivity contribution in [2.24, 2.45) is 31.9 Å². The fourth-order valence-corrected chi connectivity index (χ4v) is 6.03. The minimum atomic E-state index is 0.318. The first-order valence-electron chi connectivity index (χ1n) is 14.0. The molecule has 2 fully saturated rings. The lowest BCUT2D eigenvalue weighted by molar-refractivity contribution is 0.589. The molecule has 0 spiro atoms. The Kier molecular flexibility index (Phi) is 7.88. The van der Waals surface area contributed by atoms with E-state index >= 15 is 0 Å². The SMILES string of the molecule is C[C@@H]1CN[C@H](C2=Nc3cc(C#Cc4ccc5c(ccc6[nH]c([C@@H]7C[C@H](C)CN7)nc65)c4)ccc3C2)C1.N=NN=NCl. The number of hydrogen-bond acceptors (Lipinski definition) is 6. The van der Waals surface area contributed by atoms with E-state index in [0.717, 1.165) is 65.5 Å². The normalized spacial score (nSPS) is 23.2. The topological polar surface area (TPSA) is 126 Å². The zero-order chi connectivity index (χ0) is 28.3. The summed E-state index contributed by atoms with van der Waals surface area (Å²) < 4.78 is 2.60. The molecule has 4 aromatic rings. The van der Waals surface area contributed by atoms with Crippen molar-refractivity contribution in [3.05, 3.63) is 71.0 Å². The fraction of sp³-hybridized carbons (Fsp3) is 0.355. The summed E-state index contributed by atoms with van der Waals surface area (Å²) >= 11 is 4.55. The van der Waals surface area contributed by atoms with Crippen LogP contribution in [0.1, 0.15) is 55.2 Å². The zero-order valence-electron chi connectivity index (χ0n) is 23.1. The van der Waals surface area contributed by atoms with Gasteiger partial charge in [0.05, 0.1) is 34.5 Å². The van der Waals surface area contributed by atoms with Gasteiger partial charge in [-0.15, -0.1) is 0 Å². The summed E-state index contributed by atoms with van der Waals surface area (Å²) in [7, 11) is 0. The Morgan fingerprint density at radius 2 is 1.66 bits per heavy atom. The summed E-state index contributed by atoms with van der Waals surface area (Å²) in [6.45, 7) is 6.74. The number of aromatic nitrogens is 2. The minimum Gasteiger partial charge on any atom is -0.341 e. The highest BCUT2D eigenvalue weighted by atomic mass is 35.5. The van der Waals surface area contributed by atoms with E-state index < -0.39 is 0 Å². The highest BCUT2D eigenvalue weighted by molar-refractivity contribution is 6.13. The van der Waals surface area contributed by atoms with E-state index in [9.17, 15) is 0 Å².